The van der Waals surface area contributed by atoms with Gasteiger partial charge in [0.25, 0.3) is 0 Å². The van der Waals surface area contributed by atoms with Gasteiger partial charge in [-0.25, -0.2) is 0 Å². The number of thioether (sulfide) groups is 1. The van der Waals surface area contributed by atoms with Crippen LogP contribution >= 0.6 is 11.8 Å². The van der Waals surface area contributed by atoms with E-state index in [0.717, 1.165) is 16.9 Å². The molecule has 1 atom stereocenters. The Balaban J connectivity index is 1.63. The van der Waals surface area contributed by atoms with E-state index in [1.807, 2.05) is 54.9 Å². The molecule has 4 rings (SSSR count). The Labute approximate surface area is 189 Å². The Hall–Kier alpha value is -3.65. The van der Waals surface area contributed by atoms with E-state index in [4.69, 9.17) is 4.42 Å². The fraction of sp³-hybridized carbons (Fsp3) is 0.167. The number of carbonyl (C=O) groups is 2. The van der Waals surface area contributed by atoms with Crippen molar-refractivity contribution >= 4 is 29.1 Å². The van der Waals surface area contributed by atoms with Crippen LogP contribution in [0.25, 0.3) is 11.4 Å². The minimum absolute atomic E-state index is 0.0590. The summed E-state index contributed by atoms with van der Waals surface area (Å²) < 4.78 is 7.24. The Morgan fingerprint density at radius 3 is 2.53 bits per heavy atom. The maximum Gasteiger partial charge on any atom is 0.242 e. The molecular weight excluding hydrogens is 424 g/mol. The Morgan fingerprint density at radius 1 is 1.06 bits per heavy atom. The number of benzene rings is 2. The second-order valence-corrected chi connectivity index (χ2v) is 8.36. The Kier molecular flexibility index (Phi) is 6.23. The number of nitrogens with one attached hydrogen (secondary N) is 1. The lowest BCUT2D eigenvalue weighted by Crippen LogP contribution is -2.19. The average Bonchev–Trinajstić information content (AvgIpc) is 3.37. The van der Waals surface area contributed by atoms with Crippen molar-refractivity contribution in [2.24, 2.45) is 7.05 Å². The van der Waals surface area contributed by atoms with Crippen LogP contribution in [0.4, 0.5) is 5.69 Å². The molecule has 2 heterocycles. The van der Waals surface area contributed by atoms with Gasteiger partial charge in [-0.05, 0) is 37.6 Å². The lowest BCUT2D eigenvalue weighted by molar-refractivity contribution is -0.115. The van der Waals surface area contributed by atoms with Crippen molar-refractivity contribution in [3.8, 4) is 11.4 Å². The first-order chi connectivity index (χ1) is 15.4. The van der Waals surface area contributed by atoms with Gasteiger partial charge in [0.1, 0.15) is 11.0 Å². The molecule has 8 heteroatoms. The van der Waals surface area contributed by atoms with E-state index in [1.54, 1.807) is 30.5 Å². The molecule has 7 nitrogen and oxygen atoms in total. The molecule has 0 spiro atoms. The quantitative estimate of drug-likeness (QED) is 0.315. The lowest BCUT2D eigenvalue weighted by atomic mass is 10.1. The molecule has 1 amide bonds. The third kappa shape index (κ3) is 4.50. The SMILES string of the molecule is CC(=O)c1cccc(NC(=O)[C@@H](Sc2nnc(-c3ccoc3C)n2C)c2ccccc2)c1. The van der Waals surface area contributed by atoms with E-state index < -0.39 is 5.25 Å². The molecular formula is C24H22N4O3S. The number of nitrogens with zero attached hydrogens (tertiary/aromatic N) is 3. The van der Waals surface area contributed by atoms with Gasteiger partial charge < -0.3 is 14.3 Å². The van der Waals surface area contributed by atoms with Crippen LogP contribution < -0.4 is 5.32 Å². The van der Waals surface area contributed by atoms with E-state index in [2.05, 4.69) is 15.5 Å². The van der Waals surface area contributed by atoms with Crippen LogP contribution in [0.2, 0.25) is 0 Å². The van der Waals surface area contributed by atoms with Gasteiger partial charge >= 0.3 is 0 Å². The summed E-state index contributed by atoms with van der Waals surface area (Å²) in [4.78, 5) is 25.0. The van der Waals surface area contributed by atoms with Crippen molar-refractivity contribution < 1.29 is 14.0 Å². The molecule has 162 valence electrons. The number of rotatable bonds is 7. The van der Waals surface area contributed by atoms with Crippen molar-refractivity contribution in [3.05, 3.63) is 83.8 Å². The zero-order valence-corrected chi connectivity index (χ0v) is 18.7. The molecule has 0 aliphatic heterocycles. The maximum atomic E-state index is 13.3. The molecule has 2 aromatic carbocycles. The molecule has 2 aromatic heterocycles. The van der Waals surface area contributed by atoms with E-state index >= 15 is 0 Å². The largest absolute Gasteiger partial charge is 0.469 e. The lowest BCUT2D eigenvalue weighted by Gasteiger charge is -2.17. The van der Waals surface area contributed by atoms with Crippen LogP contribution in [0.5, 0.6) is 0 Å². The van der Waals surface area contributed by atoms with Crippen molar-refractivity contribution in [3.63, 3.8) is 0 Å². The number of ketones is 1. The number of hydrogen-bond acceptors (Lipinski definition) is 6. The van der Waals surface area contributed by atoms with Crippen LogP contribution in [0.15, 0.2) is 76.5 Å². The fourth-order valence-electron chi connectivity index (χ4n) is 3.30. The predicted octanol–water partition coefficient (Wildman–Crippen LogP) is 5.06. The predicted molar refractivity (Wildman–Crippen MR) is 124 cm³/mol. The van der Waals surface area contributed by atoms with E-state index in [1.165, 1.54) is 18.7 Å². The normalized spacial score (nSPS) is 11.8. The molecule has 0 saturated carbocycles. The van der Waals surface area contributed by atoms with Gasteiger partial charge in [-0.3, -0.25) is 9.59 Å². The number of hydrogen-bond donors (Lipinski definition) is 1. The van der Waals surface area contributed by atoms with Gasteiger partial charge in [-0.1, -0.05) is 54.2 Å². The standard InChI is InChI=1S/C24H22N4O3S/c1-15(29)18-10-7-11-19(14-18)25-23(30)21(17-8-5-4-6-9-17)32-24-27-26-22(28(24)3)20-12-13-31-16(20)2/h4-14,21H,1-3H3,(H,25,30)/t21-/m0/s1. The second-order valence-electron chi connectivity index (χ2n) is 7.29. The highest BCUT2D eigenvalue weighted by Gasteiger charge is 2.26. The summed E-state index contributed by atoms with van der Waals surface area (Å²) in [6.07, 6.45) is 1.61. The highest BCUT2D eigenvalue weighted by Crippen LogP contribution is 2.36. The van der Waals surface area contributed by atoms with Crippen molar-refractivity contribution in [1.29, 1.82) is 0 Å². The summed E-state index contributed by atoms with van der Waals surface area (Å²) in [5.41, 5.74) is 2.80. The molecule has 1 N–H and O–H groups in total. The van der Waals surface area contributed by atoms with Crippen molar-refractivity contribution in [2.45, 2.75) is 24.3 Å². The second kappa shape index (κ2) is 9.23. The molecule has 0 radical (unpaired) electrons. The molecule has 0 fully saturated rings. The number of furan rings is 1. The summed E-state index contributed by atoms with van der Waals surface area (Å²) in [5, 5.41) is 11.6. The molecule has 0 unspecified atom stereocenters. The zero-order chi connectivity index (χ0) is 22.7. The minimum atomic E-state index is -0.571. The summed E-state index contributed by atoms with van der Waals surface area (Å²) in [6.45, 7) is 3.36. The van der Waals surface area contributed by atoms with Crippen molar-refractivity contribution in [2.75, 3.05) is 5.32 Å². The molecule has 0 aliphatic carbocycles. The zero-order valence-electron chi connectivity index (χ0n) is 17.9. The van der Waals surface area contributed by atoms with Gasteiger partial charge in [0.2, 0.25) is 5.91 Å². The molecule has 0 aliphatic rings. The maximum absolute atomic E-state index is 13.3. The third-order valence-corrected chi connectivity index (χ3v) is 6.32. The molecule has 0 bridgehead atoms. The van der Waals surface area contributed by atoms with Crippen LogP contribution in [0.3, 0.4) is 0 Å². The minimum Gasteiger partial charge on any atom is -0.469 e. The Morgan fingerprint density at radius 2 is 1.84 bits per heavy atom. The van der Waals surface area contributed by atoms with Gasteiger partial charge in [-0.15, -0.1) is 10.2 Å². The molecule has 32 heavy (non-hydrogen) atoms. The first-order valence-electron chi connectivity index (χ1n) is 10.0. The van der Waals surface area contributed by atoms with Crippen LogP contribution in [0.1, 0.15) is 33.9 Å². The molecule has 4 aromatic rings. The van der Waals surface area contributed by atoms with E-state index in [0.29, 0.717) is 22.2 Å². The highest BCUT2D eigenvalue weighted by molar-refractivity contribution is 8.00. The Bertz CT molecular complexity index is 1260. The average molecular weight is 447 g/mol. The number of carbonyl (C=O) groups excluding carboxylic acids is 2. The third-order valence-electron chi connectivity index (χ3n) is 5.03. The number of anilines is 1. The monoisotopic (exact) mass is 446 g/mol. The summed E-state index contributed by atoms with van der Waals surface area (Å²) in [5.74, 6) is 1.14. The molecule has 0 saturated heterocycles. The number of aryl methyl sites for hydroxylation is 1. The summed E-state index contributed by atoms with van der Waals surface area (Å²) >= 11 is 1.31. The smallest absolute Gasteiger partial charge is 0.242 e. The summed E-state index contributed by atoms with van der Waals surface area (Å²) in [6, 6.07) is 18.3. The highest BCUT2D eigenvalue weighted by atomic mass is 32.2. The van der Waals surface area contributed by atoms with Crippen LogP contribution in [-0.2, 0) is 11.8 Å². The number of aromatic nitrogens is 3. The fourth-order valence-corrected chi connectivity index (χ4v) is 4.30. The van der Waals surface area contributed by atoms with E-state index in [-0.39, 0.29) is 11.7 Å². The summed E-state index contributed by atoms with van der Waals surface area (Å²) in [7, 11) is 1.86. The van der Waals surface area contributed by atoms with Gasteiger partial charge in [0.05, 0.1) is 11.8 Å². The topological polar surface area (TPSA) is 90.0 Å². The number of amides is 1. The first-order valence-corrected chi connectivity index (χ1v) is 10.9. The van der Waals surface area contributed by atoms with Gasteiger partial charge in [0.15, 0.2) is 16.8 Å². The van der Waals surface area contributed by atoms with E-state index in [9.17, 15) is 9.59 Å². The van der Waals surface area contributed by atoms with Crippen LogP contribution in [-0.4, -0.2) is 26.5 Å². The number of Topliss-reactive ketones (excluding diaryl/α,β-unsaturated/α-hetero) is 1. The van der Waals surface area contributed by atoms with Gasteiger partial charge in [-0.2, -0.15) is 0 Å². The van der Waals surface area contributed by atoms with Crippen LogP contribution in [0, 0.1) is 6.92 Å². The first kappa shape index (κ1) is 21.6. The van der Waals surface area contributed by atoms with Crippen molar-refractivity contribution in [1.82, 2.24) is 14.8 Å². The van der Waals surface area contributed by atoms with Gasteiger partial charge in [0, 0.05) is 18.3 Å².